The molecule has 0 bridgehead atoms. The van der Waals surface area contributed by atoms with E-state index in [1.807, 2.05) is 48.7 Å². The number of thiazole rings is 1. The Morgan fingerprint density at radius 3 is 2.69 bits per heavy atom. The van der Waals surface area contributed by atoms with Crippen molar-refractivity contribution in [1.29, 1.82) is 0 Å². The van der Waals surface area contributed by atoms with Gasteiger partial charge in [-0.1, -0.05) is 12.1 Å². The highest BCUT2D eigenvalue weighted by atomic mass is 32.1. The Balaban J connectivity index is 1.51. The smallest absolute Gasteiger partial charge is 0.255 e. The molecule has 2 heterocycles. The molecule has 6 nitrogen and oxygen atoms in total. The van der Waals surface area contributed by atoms with Crippen molar-refractivity contribution in [3.63, 3.8) is 0 Å². The lowest BCUT2D eigenvalue weighted by atomic mass is 10.1. The predicted octanol–water partition coefficient (Wildman–Crippen LogP) is 3.95. The lowest BCUT2D eigenvalue weighted by Gasteiger charge is -2.07. The first-order valence-corrected chi connectivity index (χ1v) is 8.86. The number of nitrogens with one attached hydrogen (secondary N) is 1. The summed E-state index contributed by atoms with van der Waals surface area (Å²) >= 11 is 1.61. The molecule has 2 aromatic heterocycles. The van der Waals surface area contributed by atoms with Crippen LogP contribution in [0.1, 0.15) is 15.4 Å². The Bertz CT molecular complexity index is 1040. The van der Waals surface area contributed by atoms with Crippen LogP contribution in [-0.4, -0.2) is 25.7 Å². The quantitative estimate of drug-likeness (QED) is 0.597. The Labute approximate surface area is 154 Å². The minimum absolute atomic E-state index is 0.165. The molecule has 128 valence electrons. The Kier molecular flexibility index (Phi) is 4.28. The normalized spacial score (nSPS) is 10.7. The second-order valence-electron chi connectivity index (χ2n) is 5.67. The third-order valence-electron chi connectivity index (χ3n) is 3.85. The van der Waals surface area contributed by atoms with Crippen LogP contribution in [-0.2, 0) is 0 Å². The van der Waals surface area contributed by atoms with Crippen molar-refractivity contribution in [2.24, 2.45) is 0 Å². The third-order valence-corrected chi connectivity index (χ3v) is 4.62. The average molecular weight is 361 g/mol. The third kappa shape index (κ3) is 3.38. The van der Waals surface area contributed by atoms with Gasteiger partial charge in [0.2, 0.25) is 0 Å². The van der Waals surface area contributed by atoms with Gasteiger partial charge in [0.15, 0.2) is 0 Å². The predicted molar refractivity (Wildman–Crippen MR) is 102 cm³/mol. The Hall–Kier alpha value is -3.32. The first-order chi connectivity index (χ1) is 12.7. The minimum atomic E-state index is -0.165. The maximum Gasteiger partial charge on any atom is 0.255 e. The monoisotopic (exact) mass is 361 g/mol. The number of amides is 1. The molecule has 1 N–H and O–H groups in total. The number of benzene rings is 2. The van der Waals surface area contributed by atoms with Crippen molar-refractivity contribution in [2.75, 3.05) is 5.32 Å². The van der Waals surface area contributed by atoms with Gasteiger partial charge in [0.05, 0.1) is 16.4 Å². The molecule has 0 atom stereocenters. The number of hydrogen-bond acceptors (Lipinski definition) is 5. The van der Waals surface area contributed by atoms with E-state index in [9.17, 15) is 4.79 Å². The molecule has 0 aliphatic carbocycles. The van der Waals surface area contributed by atoms with E-state index in [1.54, 1.807) is 34.5 Å². The number of aryl methyl sites for hydroxylation is 1. The fourth-order valence-corrected chi connectivity index (χ4v) is 3.18. The van der Waals surface area contributed by atoms with Gasteiger partial charge in [0.25, 0.3) is 5.91 Å². The Morgan fingerprint density at radius 1 is 1.15 bits per heavy atom. The van der Waals surface area contributed by atoms with Gasteiger partial charge in [-0.3, -0.25) is 4.79 Å². The number of rotatable bonds is 4. The van der Waals surface area contributed by atoms with Crippen LogP contribution < -0.4 is 5.32 Å². The second-order valence-corrected chi connectivity index (χ2v) is 6.74. The summed E-state index contributed by atoms with van der Waals surface area (Å²) in [6.07, 6.45) is 3.08. The molecule has 0 radical (unpaired) electrons. The first-order valence-electron chi connectivity index (χ1n) is 7.98. The zero-order chi connectivity index (χ0) is 17.9. The summed E-state index contributed by atoms with van der Waals surface area (Å²) in [6, 6.07) is 14.9. The molecule has 0 saturated carbocycles. The van der Waals surface area contributed by atoms with E-state index in [4.69, 9.17) is 0 Å². The van der Waals surface area contributed by atoms with E-state index in [0.717, 1.165) is 27.6 Å². The van der Waals surface area contributed by atoms with E-state index in [0.29, 0.717) is 5.56 Å². The maximum atomic E-state index is 12.5. The largest absolute Gasteiger partial charge is 0.322 e. The minimum Gasteiger partial charge on any atom is -0.322 e. The van der Waals surface area contributed by atoms with Gasteiger partial charge in [0, 0.05) is 22.2 Å². The number of hydrogen-bond donors (Lipinski definition) is 1. The number of nitrogens with zero attached hydrogens (tertiary/aromatic N) is 4. The van der Waals surface area contributed by atoms with Crippen LogP contribution in [0, 0.1) is 6.92 Å². The van der Waals surface area contributed by atoms with Crippen LogP contribution in [0.2, 0.25) is 0 Å². The first kappa shape index (κ1) is 16.2. The number of anilines is 1. The standard InChI is InChI=1S/C19H15N5OS/c1-13-22-18(10-26-13)15-3-2-4-16(9-15)23-19(25)14-5-7-17(8-6-14)24-12-20-11-21-24/h2-12H,1H3,(H,23,25). The number of carbonyl (C=O) groups excluding carboxylic acids is 1. The summed E-state index contributed by atoms with van der Waals surface area (Å²) in [6.45, 7) is 1.97. The number of aromatic nitrogens is 4. The van der Waals surface area contributed by atoms with Crippen LogP contribution in [0.5, 0.6) is 0 Å². The lowest BCUT2D eigenvalue weighted by molar-refractivity contribution is 0.102. The zero-order valence-electron chi connectivity index (χ0n) is 14.0. The molecule has 0 spiro atoms. The molecule has 0 saturated heterocycles. The molecule has 0 unspecified atom stereocenters. The second kappa shape index (κ2) is 6.89. The van der Waals surface area contributed by atoms with E-state index in [2.05, 4.69) is 20.4 Å². The van der Waals surface area contributed by atoms with Crippen LogP contribution >= 0.6 is 11.3 Å². The molecule has 7 heteroatoms. The fraction of sp³-hybridized carbons (Fsp3) is 0.0526. The summed E-state index contributed by atoms with van der Waals surface area (Å²) in [5, 5.41) is 10.0. The van der Waals surface area contributed by atoms with Crippen molar-refractivity contribution in [3.05, 3.63) is 77.1 Å². The van der Waals surface area contributed by atoms with E-state index in [1.165, 1.54) is 6.33 Å². The molecule has 2 aromatic carbocycles. The van der Waals surface area contributed by atoms with Gasteiger partial charge in [-0.05, 0) is 43.3 Å². The van der Waals surface area contributed by atoms with Gasteiger partial charge in [-0.2, -0.15) is 5.10 Å². The van der Waals surface area contributed by atoms with Crippen LogP contribution in [0.3, 0.4) is 0 Å². The molecule has 0 fully saturated rings. The highest BCUT2D eigenvalue weighted by molar-refractivity contribution is 7.09. The highest BCUT2D eigenvalue weighted by Crippen LogP contribution is 2.24. The van der Waals surface area contributed by atoms with Gasteiger partial charge in [0.1, 0.15) is 12.7 Å². The van der Waals surface area contributed by atoms with Crippen molar-refractivity contribution in [2.45, 2.75) is 6.92 Å². The number of carbonyl (C=O) groups is 1. The van der Waals surface area contributed by atoms with Gasteiger partial charge in [-0.15, -0.1) is 11.3 Å². The van der Waals surface area contributed by atoms with Crippen molar-refractivity contribution in [1.82, 2.24) is 19.7 Å². The summed E-state index contributed by atoms with van der Waals surface area (Å²) in [7, 11) is 0. The van der Waals surface area contributed by atoms with Crippen molar-refractivity contribution < 1.29 is 4.79 Å². The molecule has 26 heavy (non-hydrogen) atoms. The summed E-state index contributed by atoms with van der Waals surface area (Å²) < 4.78 is 1.64. The van der Waals surface area contributed by atoms with Crippen LogP contribution in [0.15, 0.2) is 66.6 Å². The molecule has 1 amide bonds. The molecule has 4 aromatic rings. The average Bonchev–Trinajstić information content (AvgIpc) is 3.34. The zero-order valence-corrected chi connectivity index (χ0v) is 14.8. The molecule has 4 rings (SSSR count). The van der Waals surface area contributed by atoms with Gasteiger partial charge < -0.3 is 5.32 Å². The topological polar surface area (TPSA) is 72.7 Å². The van der Waals surface area contributed by atoms with E-state index >= 15 is 0 Å². The van der Waals surface area contributed by atoms with Crippen molar-refractivity contribution in [3.8, 4) is 16.9 Å². The van der Waals surface area contributed by atoms with Gasteiger partial charge >= 0.3 is 0 Å². The molecular weight excluding hydrogens is 346 g/mol. The fourth-order valence-electron chi connectivity index (χ4n) is 2.56. The van der Waals surface area contributed by atoms with Crippen LogP contribution in [0.25, 0.3) is 16.9 Å². The SMILES string of the molecule is Cc1nc(-c2cccc(NC(=O)c3ccc(-n4cncn4)cc3)c2)cs1. The maximum absolute atomic E-state index is 12.5. The lowest BCUT2D eigenvalue weighted by Crippen LogP contribution is -2.12. The van der Waals surface area contributed by atoms with Crippen LogP contribution in [0.4, 0.5) is 5.69 Å². The summed E-state index contributed by atoms with van der Waals surface area (Å²) in [5.41, 5.74) is 4.05. The van der Waals surface area contributed by atoms with Gasteiger partial charge in [-0.25, -0.2) is 14.6 Å². The van der Waals surface area contributed by atoms with E-state index in [-0.39, 0.29) is 5.91 Å². The molecule has 0 aliphatic heterocycles. The highest BCUT2D eigenvalue weighted by Gasteiger charge is 2.08. The summed E-state index contributed by atoms with van der Waals surface area (Å²) in [4.78, 5) is 20.9. The molecule has 0 aliphatic rings. The Morgan fingerprint density at radius 2 is 2.00 bits per heavy atom. The van der Waals surface area contributed by atoms with E-state index < -0.39 is 0 Å². The molecular formula is C19H15N5OS. The summed E-state index contributed by atoms with van der Waals surface area (Å²) in [5.74, 6) is -0.165. The van der Waals surface area contributed by atoms with Crippen molar-refractivity contribution >= 4 is 22.9 Å².